The summed E-state index contributed by atoms with van der Waals surface area (Å²) in [5, 5.41) is 1.94. The van der Waals surface area contributed by atoms with Crippen molar-refractivity contribution in [3.63, 3.8) is 0 Å². The lowest BCUT2D eigenvalue weighted by molar-refractivity contribution is 0.763. The zero-order chi connectivity index (χ0) is 8.72. The van der Waals surface area contributed by atoms with Gasteiger partial charge in [0.05, 0.1) is 6.04 Å². The lowest BCUT2D eigenvalue weighted by Crippen LogP contribution is -2.29. The van der Waals surface area contributed by atoms with Crippen LogP contribution in [0.25, 0.3) is 0 Å². The third kappa shape index (κ3) is 0.975. The number of aryl methyl sites for hydroxylation is 1. The number of nitrogens with one attached hydrogen (secondary N) is 1. The van der Waals surface area contributed by atoms with Gasteiger partial charge < -0.3 is 0 Å². The number of hydrogen-bond acceptors (Lipinski definition) is 3. The van der Waals surface area contributed by atoms with Gasteiger partial charge in [0.2, 0.25) is 0 Å². The minimum Gasteiger partial charge on any atom is -0.294 e. The average molecular weight is 162 g/mol. The molecule has 3 nitrogen and oxygen atoms in total. The summed E-state index contributed by atoms with van der Waals surface area (Å²) in [6, 6.07) is 5.30. The van der Waals surface area contributed by atoms with Crippen LogP contribution in [0.2, 0.25) is 0 Å². The van der Waals surface area contributed by atoms with Crippen molar-refractivity contribution in [1.82, 2.24) is 10.4 Å². The van der Waals surface area contributed by atoms with Crippen LogP contribution in [0.5, 0.6) is 0 Å². The molecule has 1 N–H and O–H groups in total. The van der Waals surface area contributed by atoms with Crippen LogP contribution in [-0.2, 0) is 0 Å². The Morgan fingerprint density at radius 1 is 1.33 bits per heavy atom. The van der Waals surface area contributed by atoms with Crippen LogP contribution in [0.1, 0.15) is 18.2 Å². The molecule has 0 aliphatic carbocycles. The molecule has 1 aromatic heterocycles. The van der Waals surface area contributed by atoms with Crippen molar-refractivity contribution in [2.24, 2.45) is 0 Å². The molecule has 0 fully saturated rings. The second-order valence-electron chi connectivity index (χ2n) is 3.12. The number of hydrogen-bond donors (Lipinski definition) is 1. The van der Waals surface area contributed by atoms with Gasteiger partial charge in [0, 0.05) is 18.3 Å². The van der Waals surface area contributed by atoms with E-state index in [-0.39, 0.29) is 0 Å². The molecule has 0 atom stereocenters. The molecule has 0 bridgehead atoms. The first-order chi connectivity index (χ1) is 5.68. The molecule has 0 unspecified atom stereocenters. The highest BCUT2D eigenvalue weighted by Gasteiger charge is 2.23. The van der Waals surface area contributed by atoms with Crippen molar-refractivity contribution in [2.45, 2.75) is 13.8 Å². The van der Waals surface area contributed by atoms with E-state index in [0.29, 0.717) is 0 Å². The van der Waals surface area contributed by atoms with Gasteiger partial charge in [0.1, 0.15) is 5.82 Å². The van der Waals surface area contributed by atoms with Gasteiger partial charge in [0.25, 0.3) is 0 Å². The van der Waals surface area contributed by atoms with E-state index < -0.39 is 0 Å². The van der Waals surface area contributed by atoms with Crippen molar-refractivity contribution in [3.8, 4) is 0 Å². The van der Waals surface area contributed by atoms with Crippen LogP contribution in [0, 0.1) is 13.0 Å². The van der Waals surface area contributed by atoms with Gasteiger partial charge in [-0.1, -0.05) is 6.07 Å². The Balaban J connectivity index is 2.53. The molecule has 0 amide bonds. The maximum atomic E-state index is 4.43. The summed E-state index contributed by atoms with van der Waals surface area (Å²) in [5.74, 6) is 1.02. The molecule has 2 heterocycles. The van der Waals surface area contributed by atoms with Crippen molar-refractivity contribution in [1.29, 1.82) is 0 Å². The molecule has 1 radical (unpaired) electrons. The average Bonchev–Trinajstić information content (AvgIpc) is 2.28. The van der Waals surface area contributed by atoms with E-state index in [1.54, 1.807) is 0 Å². The van der Waals surface area contributed by atoms with Crippen LogP contribution in [-0.4, -0.2) is 12.0 Å². The Morgan fingerprint density at radius 3 is 2.83 bits per heavy atom. The van der Waals surface area contributed by atoms with Crippen molar-refractivity contribution in [3.05, 3.63) is 29.4 Å². The summed E-state index contributed by atoms with van der Waals surface area (Å²) < 4.78 is 0. The van der Waals surface area contributed by atoms with E-state index >= 15 is 0 Å². The van der Waals surface area contributed by atoms with Gasteiger partial charge >= 0.3 is 0 Å². The monoisotopic (exact) mass is 162 g/mol. The van der Waals surface area contributed by atoms with Crippen LogP contribution < -0.4 is 10.4 Å². The van der Waals surface area contributed by atoms with Gasteiger partial charge in [-0.05, 0) is 19.9 Å². The maximum Gasteiger partial charge on any atom is 0.148 e. The number of hydrazine groups is 1. The molecule has 2 rings (SSSR count). The minimum absolute atomic E-state index is 1.02. The number of rotatable bonds is 0. The first-order valence-corrected chi connectivity index (χ1v) is 4.00. The Hall–Kier alpha value is -1.09. The Morgan fingerprint density at radius 2 is 2.08 bits per heavy atom. The highest BCUT2D eigenvalue weighted by Crippen LogP contribution is 2.28. The van der Waals surface area contributed by atoms with Gasteiger partial charge in [-0.2, -0.15) is 0 Å². The van der Waals surface area contributed by atoms with E-state index in [0.717, 1.165) is 11.5 Å². The fourth-order valence-electron chi connectivity index (χ4n) is 1.46. The van der Waals surface area contributed by atoms with E-state index in [9.17, 15) is 0 Å². The first kappa shape index (κ1) is 7.55. The molecule has 3 heteroatoms. The molecule has 1 aromatic rings. The minimum atomic E-state index is 1.02. The zero-order valence-electron chi connectivity index (χ0n) is 7.55. The normalized spacial score (nSPS) is 16.8. The van der Waals surface area contributed by atoms with Crippen LogP contribution in [0.4, 0.5) is 5.82 Å². The molecule has 63 valence electrons. The second-order valence-corrected chi connectivity index (χ2v) is 3.12. The van der Waals surface area contributed by atoms with E-state index in [1.165, 1.54) is 11.6 Å². The predicted octanol–water partition coefficient (Wildman–Crippen LogP) is 1.24. The SMILES string of the molecule is C[C]1NN(C)c2nc(C)ccc21. The maximum absolute atomic E-state index is 4.43. The third-order valence-corrected chi connectivity index (χ3v) is 2.07. The van der Waals surface area contributed by atoms with Crippen molar-refractivity contribution in [2.75, 3.05) is 12.1 Å². The van der Waals surface area contributed by atoms with E-state index in [2.05, 4.69) is 23.4 Å². The van der Waals surface area contributed by atoms with E-state index in [1.807, 2.05) is 25.0 Å². The van der Waals surface area contributed by atoms with Crippen LogP contribution >= 0.6 is 0 Å². The lowest BCUT2D eigenvalue weighted by atomic mass is 10.1. The highest BCUT2D eigenvalue weighted by molar-refractivity contribution is 5.57. The van der Waals surface area contributed by atoms with Gasteiger partial charge in [0.15, 0.2) is 0 Å². The van der Waals surface area contributed by atoms with Crippen LogP contribution in [0.15, 0.2) is 12.1 Å². The Bertz CT molecular complexity index is 309. The van der Waals surface area contributed by atoms with Gasteiger partial charge in [-0.25, -0.2) is 10.4 Å². The number of nitrogens with zero attached hydrogens (tertiary/aromatic N) is 2. The summed E-state index contributed by atoms with van der Waals surface area (Å²) in [7, 11) is 1.97. The molecule has 0 saturated heterocycles. The molecular formula is C9H12N3. The zero-order valence-corrected chi connectivity index (χ0v) is 7.55. The molecule has 0 spiro atoms. The quantitative estimate of drug-likeness (QED) is 0.622. The standard InChI is InChI=1S/C9H12N3/c1-6-4-5-8-7(2)11-12(3)9(8)10-6/h4-5,11H,1-3H3. The number of anilines is 1. The fourth-order valence-corrected chi connectivity index (χ4v) is 1.46. The first-order valence-electron chi connectivity index (χ1n) is 4.00. The van der Waals surface area contributed by atoms with E-state index in [4.69, 9.17) is 0 Å². The topological polar surface area (TPSA) is 28.2 Å². The molecular weight excluding hydrogens is 150 g/mol. The summed E-state index contributed by atoms with van der Waals surface area (Å²) in [4.78, 5) is 4.43. The number of aromatic nitrogens is 1. The summed E-state index contributed by atoms with van der Waals surface area (Å²) in [5.41, 5.74) is 5.45. The molecule has 12 heavy (non-hydrogen) atoms. The third-order valence-electron chi connectivity index (χ3n) is 2.07. The highest BCUT2D eigenvalue weighted by atomic mass is 15.5. The second kappa shape index (κ2) is 2.45. The fraction of sp³-hybridized carbons (Fsp3) is 0.333. The van der Waals surface area contributed by atoms with Gasteiger partial charge in [-0.15, -0.1) is 0 Å². The van der Waals surface area contributed by atoms with Crippen molar-refractivity contribution >= 4 is 5.82 Å². The molecule has 0 aromatic carbocycles. The smallest absolute Gasteiger partial charge is 0.148 e. The molecule has 1 aliphatic rings. The Labute approximate surface area is 72.4 Å². The lowest BCUT2D eigenvalue weighted by Gasteiger charge is -2.10. The summed E-state index contributed by atoms with van der Waals surface area (Å²) in [6.07, 6.45) is 0. The number of pyridine rings is 1. The predicted molar refractivity (Wildman–Crippen MR) is 48.5 cm³/mol. The molecule has 0 saturated carbocycles. The largest absolute Gasteiger partial charge is 0.294 e. The molecule has 1 aliphatic heterocycles. The number of fused-ring (bicyclic) bond motifs is 1. The van der Waals surface area contributed by atoms with Gasteiger partial charge in [-0.3, -0.25) is 5.01 Å². The van der Waals surface area contributed by atoms with Crippen LogP contribution in [0.3, 0.4) is 0 Å². The summed E-state index contributed by atoms with van der Waals surface area (Å²) in [6.45, 7) is 4.06. The van der Waals surface area contributed by atoms with Crippen molar-refractivity contribution < 1.29 is 0 Å². The summed E-state index contributed by atoms with van der Waals surface area (Å²) >= 11 is 0. The Kier molecular flexibility index (Phi) is 1.54.